The Morgan fingerprint density at radius 3 is 2.29 bits per heavy atom. The molecular weight excluding hydrogens is 444 g/mol. The number of carbonyl (C=O) groups excluding carboxylic acids is 3. The predicted octanol–water partition coefficient (Wildman–Crippen LogP) is -0.885. The number of benzene rings is 1. The number of thioether (sulfide) groups is 1. The maximum Gasteiger partial charge on any atom is 0.326 e. The van der Waals surface area contributed by atoms with Crippen LogP contribution in [-0.4, -0.2) is 76.3 Å². The second kappa shape index (κ2) is 13.8. The standard InChI is InChI=1S/C19H28N4O6S2/c1-31-7-6-14(22-16(25)9-21-17(26)13(20)10-30)18(27)23-15(19(28)29)8-11-2-4-12(24)5-3-11/h2-5,13-15,24,30H,6-10,20H2,1H3,(H,21,26)(H,22,25)(H,23,27)(H,28,29). The summed E-state index contributed by atoms with van der Waals surface area (Å²) in [5, 5.41) is 26.1. The number of phenolic OH excluding ortho intramolecular Hbond substituents is 1. The van der Waals surface area contributed by atoms with Crippen LogP contribution in [0.25, 0.3) is 0 Å². The van der Waals surface area contributed by atoms with Crippen molar-refractivity contribution in [3.63, 3.8) is 0 Å². The van der Waals surface area contributed by atoms with Gasteiger partial charge in [0, 0.05) is 12.2 Å². The van der Waals surface area contributed by atoms with Gasteiger partial charge in [0.2, 0.25) is 17.7 Å². The lowest BCUT2D eigenvalue weighted by Crippen LogP contribution is -2.54. The average Bonchev–Trinajstić information content (AvgIpc) is 2.74. The summed E-state index contributed by atoms with van der Waals surface area (Å²) in [6, 6.07) is 2.90. The highest BCUT2D eigenvalue weighted by Gasteiger charge is 2.26. The van der Waals surface area contributed by atoms with Crippen LogP contribution in [0.2, 0.25) is 0 Å². The lowest BCUT2D eigenvalue weighted by Gasteiger charge is -2.21. The van der Waals surface area contributed by atoms with Gasteiger partial charge < -0.3 is 31.9 Å². The molecule has 3 amide bonds. The summed E-state index contributed by atoms with van der Waals surface area (Å²) in [5.74, 6) is -2.32. The zero-order valence-electron chi connectivity index (χ0n) is 17.0. The molecule has 1 rings (SSSR count). The Balaban J connectivity index is 2.75. The van der Waals surface area contributed by atoms with Gasteiger partial charge in [-0.05, 0) is 36.1 Å². The highest BCUT2D eigenvalue weighted by Crippen LogP contribution is 2.12. The Morgan fingerprint density at radius 1 is 1.10 bits per heavy atom. The van der Waals surface area contributed by atoms with E-state index in [0.717, 1.165) is 0 Å². The second-order valence-electron chi connectivity index (χ2n) is 6.68. The summed E-state index contributed by atoms with van der Waals surface area (Å²) in [6.45, 7) is -0.376. The van der Waals surface area contributed by atoms with Crippen LogP contribution >= 0.6 is 24.4 Å². The number of aromatic hydroxyl groups is 1. The van der Waals surface area contributed by atoms with Gasteiger partial charge in [0.15, 0.2) is 0 Å². The average molecular weight is 473 g/mol. The molecular formula is C19H28N4O6S2. The van der Waals surface area contributed by atoms with E-state index in [1.54, 1.807) is 12.1 Å². The summed E-state index contributed by atoms with van der Waals surface area (Å²) in [7, 11) is 0. The fourth-order valence-electron chi connectivity index (χ4n) is 2.47. The van der Waals surface area contributed by atoms with Crippen molar-refractivity contribution in [1.29, 1.82) is 0 Å². The largest absolute Gasteiger partial charge is 0.508 e. The first kappa shape index (κ1) is 26.6. The van der Waals surface area contributed by atoms with Crippen molar-refractivity contribution < 1.29 is 29.4 Å². The highest BCUT2D eigenvalue weighted by molar-refractivity contribution is 7.98. The van der Waals surface area contributed by atoms with E-state index in [-0.39, 0.29) is 30.9 Å². The van der Waals surface area contributed by atoms with Gasteiger partial charge in [-0.25, -0.2) is 4.79 Å². The first-order valence-electron chi connectivity index (χ1n) is 9.41. The number of nitrogens with two attached hydrogens (primary N) is 1. The lowest BCUT2D eigenvalue weighted by atomic mass is 10.0. The maximum atomic E-state index is 12.7. The Bertz CT molecular complexity index is 762. The van der Waals surface area contributed by atoms with Gasteiger partial charge in [-0.15, -0.1) is 0 Å². The Morgan fingerprint density at radius 2 is 1.74 bits per heavy atom. The maximum absolute atomic E-state index is 12.7. The quantitative estimate of drug-likeness (QED) is 0.181. The van der Waals surface area contributed by atoms with Crippen LogP contribution in [0.4, 0.5) is 0 Å². The molecule has 0 radical (unpaired) electrons. The zero-order chi connectivity index (χ0) is 23.4. The summed E-state index contributed by atoms with van der Waals surface area (Å²) < 4.78 is 0. The Hall–Kier alpha value is -2.44. The Labute approximate surface area is 190 Å². The number of aliphatic carboxylic acids is 1. The van der Waals surface area contributed by atoms with E-state index in [4.69, 9.17) is 5.73 Å². The molecule has 0 fully saturated rings. The predicted molar refractivity (Wildman–Crippen MR) is 121 cm³/mol. The van der Waals surface area contributed by atoms with Crippen LogP contribution in [0.1, 0.15) is 12.0 Å². The molecule has 3 unspecified atom stereocenters. The molecule has 0 spiro atoms. The van der Waals surface area contributed by atoms with Gasteiger partial charge in [0.05, 0.1) is 12.6 Å². The van der Waals surface area contributed by atoms with Gasteiger partial charge in [0.1, 0.15) is 17.8 Å². The smallest absolute Gasteiger partial charge is 0.326 e. The van der Waals surface area contributed by atoms with Crippen molar-refractivity contribution >= 4 is 48.1 Å². The van der Waals surface area contributed by atoms with E-state index in [0.29, 0.717) is 11.3 Å². The number of rotatable bonds is 13. The number of carbonyl (C=O) groups is 4. The number of hydrogen-bond donors (Lipinski definition) is 7. The highest BCUT2D eigenvalue weighted by atomic mass is 32.2. The zero-order valence-corrected chi connectivity index (χ0v) is 18.7. The van der Waals surface area contributed by atoms with Crippen molar-refractivity contribution in [2.75, 3.05) is 24.3 Å². The molecule has 31 heavy (non-hydrogen) atoms. The number of phenols is 1. The number of carboxylic acids is 1. The third-order valence-electron chi connectivity index (χ3n) is 4.21. The summed E-state index contributed by atoms with van der Waals surface area (Å²) in [4.78, 5) is 48.1. The minimum absolute atomic E-state index is 0.00220. The summed E-state index contributed by atoms with van der Waals surface area (Å²) in [5.41, 5.74) is 6.13. The van der Waals surface area contributed by atoms with Crippen molar-refractivity contribution in [3.8, 4) is 5.75 Å². The fourth-order valence-corrected chi connectivity index (χ4v) is 3.11. The van der Waals surface area contributed by atoms with Crippen LogP contribution in [0, 0.1) is 0 Å². The van der Waals surface area contributed by atoms with Crippen molar-refractivity contribution in [2.45, 2.75) is 31.0 Å². The molecule has 0 aromatic heterocycles. The lowest BCUT2D eigenvalue weighted by molar-refractivity contribution is -0.142. The van der Waals surface area contributed by atoms with Crippen molar-refractivity contribution in [2.24, 2.45) is 5.73 Å². The topological polar surface area (TPSA) is 171 Å². The van der Waals surface area contributed by atoms with E-state index >= 15 is 0 Å². The van der Waals surface area contributed by atoms with E-state index in [9.17, 15) is 29.4 Å². The molecule has 1 aromatic carbocycles. The van der Waals surface area contributed by atoms with Crippen molar-refractivity contribution in [1.82, 2.24) is 16.0 Å². The van der Waals surface area contributed by atoms with Crippen LogP contribution in [0.3, 0.4) is 0 Å². The van der Waals surface area contributed by atoms with Gasteiger partial charge in [0.25, 0.3) is 0 Å². The Kier molecular flexibility index (Phi) is 11.8. The van der Waals surface area contributed by atoms with E-state index in [1.807, 2.05) is 6.26 Å². The third-order valence-corrected chi connectivity index (χ3v) is 5.25. The van der Waals surface area contributed by atoms with E-state index in [2.05, 4.69) is 28.6 Å². The van der Waals surface area contributed by atoms with Crippen LogP contribution < -0.4 is 21.7 Å². The van der Waals surface area contributed by atoms with E-state index < -0.39 is 41.8 Å². The first-order valence-corrected chi connectivity index (χ1v) is 11.4. The summed E-state index contributed by atoms with van der Waals surface area (Å²) in [6.07, 6.45) is 2.11. The molecule has 172 valence electrons. The minimum Gasteiger partial charge on any atom is -0.508 e. The number of nitrogens with one attached hydrogen (secondary N) is 3. The number of thiol groups is 1. The molecule has 7 N–H and O–H groups in total. The molecule has 1 aromatic rings. The molecule has 0 saturated heterocycles. The molecule has 0 bridgehead atoms. The van der Waals surface area contributed by atoms with Gasteiger partial charge in [-0.2, -0.15) is 24.4 Å². The molecule has 0 aliphatic rings. The van der Waals surface area contributed by atoms with Gasteiger partial charge in [-0.1, -0.05) is 12.1 Å². The molecule has 3 atom stereocenters. The number of carboxylic acid groups (broad SMARTS) is 1. The van der Waals surface area contributed by atoms with Crippen LogP contribution in [-0.2, 0) is 25.6 Å². The fraction of sp³-hybridized carbons (Fsp3) is 0.474. The molecule has 10 nitrogen and oxygen atoms in total. The van der Waals surface area contributed by atoms with E-state index in [1.165, 1.54) is 23.9 Å². The number of amides is 3. The molecule has 12 heteroatoms. The van der Waals surface area contributed by atoms with Gasteiger partial charge >= 0.3 is 5.97 Å². The van der Waals surface area contributed by atoms with Crippen LogP contribution in [0.5, 0.6) is 5.75 Å². The van der Waals surface area contributed by atoms with Gasteiger partial charge in [-0.3, -0.25) is 14.4 Å². The molecule has 0 aliphatic carbocycles. The van der Waals surface area contributed by atoms with Crippen molar-refractivity contribution in [3.05, 3.63) is 29.8 Å². The molecule has 0 aliphatic heterocycles. The summed E-state index contributed by atoms with van der Waals surface area (Å²) >= 11 is 5.37. The monoisotopic (exact) mass is 472 g/mol. The van der Waals surface area contributed by atoms with Crippen LogP contribution in [0.15, 0.2) is 24.3 Å². The SMILES string of the molecule is CSCCC(NC(=O)CNC(=O)C(N)CS)C(=O)NC(Cc1ccc(O)cc1)C(=O)O. The normalized spacial score (nSPS) is 13.5. The minimum atomic E-state index is -1.23. The molecule has 0 heterocycles. The first-order chi connectivity index (χ1) is 14.7. The second-order valence-corrected chi connectivity index (χ2v) is 8.03. The molecule has 0 saturated carbocycles. The third kappa shape index (κ3) is 9.94. The number of hydrogen-bond acceptors (Lipinski definition) is 8.